The van der Waals surface area contributed by atoms with E-state index < -0.39 is 0 Å². The van der Waals surface area contributed by atoms with Crippen LogP contribution in [0.25, 0.3) is 106 Å². The molecule has 0 unspecified atom stereocenters. The lowest BCUT2D eigenvalue weighted by molar-refractivity contribution is 0.670. The molecule has 5 heteroatoms. The molecule has 5 nitrogen and oxygen atoms in total. The largest absolute Gasteiger partial charge is 0.455 e. The van der Waals surface area contributed by atoms with Crippen molar-refractivity contribution in [3.63, 3.8) is 0 Å². The minimum atomic E-state index is 0.599. The van der Waals surface area contributed by atoms with E-state index >= 15 is 0 Å². The maximum atomic E-state index is 6.53. The molecular formula is C51H32N4O. The third kappa shape index (κ3) is 5.29. The average molecular weight is 717 g/mol. The number of furan rings is 1. The average Bonchev–Trinajstić information content (AvgIpc) is 3.82. The van der Waals surface area contributed by atoms with Crippen molar-refractivity contribution in [1.29, 1.82) is 0 Å². The summed E-state index contributed by atoms with van der Waals surface area (Å²) in [6, 6.07) is 67.5. The predicted octanol–water partition coefficient (Wildman–Crippen LogP) is 13.2. The Hall–Kier alpha value is -7.63. The van der Waals surface area contributed by atoms with Crippen LogP contribution < -0.4 is 0 Å². The Morgan fingerprint density at radius 2 is 0.911 bits per heavy atom. The van der Waals surface area contributed by atoms with E-state index in [0.717, 1.165) is 88.4 Å². The van der Waals surface area contributed by atoms with Crippen LogP contribution in [-0.2, 0) is 0 Å². The van der Waals surface area contributed by atoms with E-state index in [-0.39, 0.29) is 0 Å². The van der Waals surface area contributed by atoms with Gasteiger partial charge < -0.3 is 8.98 Å². The molecule has 0 fully saturated rings. The van der Waals surface area contributed by atoms with Crippen LogP contribution in [0.2, 0.25) is 0 Å². The van der Waals surface area contributed by atoms with Crippen molar-refractivity contribution in [1.82, 2.24) is 19.5 Å². The van der Waals surface area contributed by atoms with E-state index in [9.17, 15) is 0 Å². The second-order valence-corrected chi connectivity index (χ2v) is 14.0. The molecule has 0 saturated heterocycles. The number of benzene rings is 8. The third-order valence-corrected chi connectivity index (χ3v) is 10.7. The van der Waals surface area contributed by atoms with Gasteiger partial charge in [-0.1, -0.05) is 164 Å². The number of aromatic nitrogens is 4. The van der Waals surface area contributed by atoms with Crippen LogP contribution in [-0.4, -0.2) is 19.5 Å². The minimum absolute atomic E-state index is 0.599. The SMILES string of the molecule is c1ccc(-c2ccc(-c3nc(-c4ccccc4)nc(-c4ccccc4)n3)c(-n3c4ccccc4c4ccc(-c5cccc6c5oc5ccccc56)cc43)c2)cc1. The van der Waals surface area contributed by atoms with E-state index in [1.807, 2.05) is 72.8 Å². The Kier molecular flexibility index (Phi) is 7.42. The van der Waals surface area contributed by atoms with Gasteiger partial charge in [-0.3, -0.25) is 0 Å². The number of fused-ring (bicyclic) bond motifs is 6. The summed E-state index contributed by atoms with van der Waals surface area (Å²) in [5, 5.41) is 4.54. The fraction of sp³-hybridized carbons (Fsp3) is 0. The molecule has 0 aliphatic carbocycles. The van der Waals surface area contributed by atoms with Gasteiger partial charge in [-0.25, -0.2) is 15.0 Å². The van der Waals surface area contributed by atoms with Crippen LogP contribution in [0.5, 0.6) is 0 Å². The maximum Gasteiger partial charge on any atom is 0.166 e. The van der Waals surface area contributed by atoms with Gasteiger partial charge in [-0.15, -0.1) is 0 Å². The first kappa shape index (κ1) is 31.9. The molecule has 262 valence electrons. The number of rotatable bonds is 6. The first-order valence-corrected chi connectivity index (χ1v) is 18.8. The molecule has 0 radical (unpaired) electrons. The number of nitrogens with zero attached hydrogens (tertiary/aromatic N) is 4. The molecular weight excluding hydrogens is 685 g/mol. The molecule has 0 spiro atoms. The molecule has 0 N–H and O–H groups in total. The summed E-state index contributed by atoms with van der Waals surface area (Å²) in [6.07, 6.45) is 0. The minimum Gasteiger partial charge on any atom is -0.455 e. The summed E-state index contributed by atoms with van der Waals surface area (Å²) in [5.41, 5.74) is 12.0. The maximum absolute atomic E-state index is 6.53. The van der Waals surface area contributed by atoms with Crippen LogP contribution in [0.15, 0.2) is 199 Å². The summed E-state index contributed by atoms with van der Waals surface area (Å²) in [6.45, 7) is 0. The summed E-state index contributed by atoms with van der Waals surface area (Å²) < 4.78 is 8.91. The lowest BCUT2D eigenvalue weighted by atomic mass is 10.00. The van der Waals surface area contributed by atoms with Gasteiger partial charge in [-0.2, -0.15) is 0 Å². The summed E-state index contributed by atoms with van der Waals surface area (Å²) in [5.74, 6) is 1.84. The van der Waals surface area contributed by atoms with Gasteiger partial charge in [0.15, 0.2) is 17.5 Å². The van der Waals surface area contributed by atoms with Crippen LogP contribution in [0.1, 0.15) is 0 Å². The van der Waals surface area contributed by atoms with Crippen LogP contribution >= 0.6 is 0 Å². The van der Waals surface area contributed by atoms with Gasteiger partial charge >= 0.3 is 0 Å². The van der Waals surface area contributed by atoms with Crippen molar-refractivity contribution in [2.75, 3.05) is 0 Å². The molecule has 11 rings (SSSR count). The number of hydrogen-bond donors (Lipinski definition) is 0. The lowest BCUT2D eigenvalue weighted by Crippen LogP contribution is -2.04. The second kappa shape index (κ2) is 13.0. The van der Waals surface area contributed by atoms with E-state index in [1.165, 1.54) is 0 Å². The van der Waals surface area contributed by atoms with Gasteiger partial charge in [0.25, 0.3) is 0 Å². The van der Waals surface area contributed by atoms with Crippen molar-refractivity contribution >= 4 is 43.7 Å². The second-order valence-electron chi connectivity index (χ2n) is 14.0. The first-order valence-electron chi connectivity index (χ1n) is 18.8. The Morgan fingerprint density at radius 1 is 0.339 bits per heavy atom. The highest BCUT2D eigenvalue weighted by atomic mass is 16.3. The highest BCUT2D eigenvalue weighted by Crippen LogP contribution is 2.41. The van der Waals surface area contributed by atoms with Gasteiger partial charge in [0.1, 0.15) is 11.2 Å². The van der Waals surface area contributed by atoms with E-state index in [4.69, 9.17) is 19.4 Å². The summed E-state index contributed by atoms with van der Waals surface area (Å²) >= 11 is 0. The van der Waals surface area contributed by atoms with E-state index in [1.54, 1.807) is 0 Å². The Labute approximate surface area is 322 Å². The molecule has 8 aromatic carbocycles. The molecule has 0 aliphatic rings. The van der Waals surface area contributed by atoms with Crippen LogP contribution in [0.3, 0.4) is 0 Å². The molecule has 0 bridgehead atoms. The number of hydrogen-bond acceptors (Lipinski definition) is 4. The molecule has 0 atom stereocenters. The van der Waals surface area contributed by atoms with E-state index in [0.29, 0.717) is 17.5 Å². The van der Waals surface area contributed by atoms with Crippen LogP contribution in [0, 0.1) is 0 Å². The zero-order chi connectivity index (χ0) is 37.0. The van der Waals surface area contributed by atoms with Gasteiger partial charge in [0, 0.05) is 43.8 Å². The summed E-state index contributed by atoms with van der Waals surface area (Å²) in [4.78, 5) is 15.4. The Balaban J connectivity index is 1.21. The Morgan fingerprint density at radius 3 is 1.64 bits per heavy atom. The lowest BCUT2D eigenvalue weighted by Gasteiger charge is -2.17. The normalized spacial score (nSPS) is 11.6. The summed E-state index contributed by atoms with van der Waals surface area (Å²) in [7, 11) is 0. The molecule has 11 aromatic rings. The molecule has 56 heavy (non-hydrogen) atoms. The number of para-hydroxylation sites is 3. The molecule has 0 aliphatic heterocycles. The van der Waals surface area contributed by atoms with E-state index in [2.05, 4.69) is 126 Å². The zero-order valence-electron chi connectivity index (χ0n) is 30.2. The zero-order valence-corrected chi connectivity index (χ0v) is 30.2. The van der Waals surface area contributed by atoms with Crippen molar-refractivity contribution in [2.24, 2.45) is 0 Å². The quantitative estimate of drug-likeness (QED) is 0.172. The molecule has 3 heterocycles. The van der Waals surface area contributed by atoms with Crippen molar-refractivity contribution in [3.05, 3.63) is 194 Å². The molecule has 3 aromatic heterocycles. The monoisotopic (exact) mass is 716 g/mol. The van der Waals surface area contributed by atoms with Gasteiger partial charge in [0.2, 0.25) is 0 Å². The van der Waals surface area contributed by atoms with Gasteiger partial charge in [0.05, 0.1) is 16.7 Å². The molecule has 0 saturated carbocycles. The predicted molar refractivity (Wildman–Crippen MR) is 229 cm³/mol. The Bertz CT molecular complexity index is 3180. The van der Waals surface area contributed by atoms with Crippen LogP contribution in [0.4, 0.5) is 0 Å². The topological polar surface area (TPSA) is 56.7 Å². The van der Waals surface area contributed by atoms with Gasteiger partial charge in [-0.05, 0) is 47.0 Å². The fourth-order valence-corrected chi connectivity index (χ4v) is 8.02. The van der Waals surface area contributed by atoms with Crippen molar-refractivity contribution in [2.45, 2.75) is 0 Å². The standard InChI is InChI=1S/C51H32N4O/c1-4-15-33(16-5-1)36-27-30-43(51-53-49(34-17-6-2-7-18-34)52-50(54-51)35-19-8-3-9-20-35)46(31-36)55-44-25-12-10-21-39(44)40-29-28-37(32-45(40)55)38-23-14-24-42-41-22-11-13-26-47(41)56-48(38)42/h1-32H. The van der Waals surface area contributed by atoms with Crippen molar-refractivity contribution < 1.29 is 4.42 Å². The third-order valence-electron chi connectivity index (χ3n) is 10.7. The molecule has 0 amide bonds. The highest BCUT2D eigenvalue weighted by Gasteiger charge is 2.21. The highest BCUT2D eigenvalue weighted by molar-refractivity contribution is 6.13. The van der Waals surface area contributed by atoms with Crippen molar-refractivity contribution in [3.8, 4) is 62.1 Å². The smallest absolute Gasteiger partial charge is 0.166 e. The fourth-order valence-electron chi connectivity index (χ4n) is 8.02. The first-order chi connectivity index (χ1) is 27.8.